The minimum Gasteiger partial charge on any atom is -0.394 e. The van der Waals surface area contributed by atoms with Crippen molar-refractivity contribution in [2.75, 3.05) is 13.2 Å². The summed E-state index contributed by atoms with van der Waals surface area (Å²) < 4.78 is 0. The first-order chi connectivity index (χ1) is 15.6. The normalized spacial score (nSPS) is 35.7. The number of aliphatic hydroxyl groups is 6. The molecule has 0 aliphatic heterocycles. The second-order valence-corrected chi connectivity index (χ2v) is 9.26. The summed E-state index contributed by atoms with van der Waals surface area (Å²) in [5, 5.41) is 68.6. The van der Waals surface area contributed by atoms with Gasteiger partial charge in [0.25, 0.3) is 5.91 Å². The van der Waals surface area contributed by atoms with E-state index < -0.39 is 47.5 Å². The lowest BCUT2D eigenvalue weighted by Crippen LogP contribution is -2.99. The number of benzene rings is 2. The highest BCUT2D eigenvalue weighted by molar-refractivity contribution is 5.94. The summed E-state index contributed by atoms with van der Waals surface area (Å²) in [7, 11) is 0. The molecule has 3 unspecified atom stereocenters. The monoisotopic (exact) mass is 457 g/mol. The molecular weight excluding hydrogens is 426 g/mol. The number of amides is 1. The summed E-state index contributed by atoms with van der Waals surface area (Å²) in [5.74, 6) is -2.64. The fraction of sp³-hybridized carbons (Fsp3) is 0.480. The predicted molar refractivity (Wildman–Crippen MR) is 120 cm³/mol. The van der Waals surface area contributed by atoms with Gasteiger partial charge in [-0.2, -0.15) is 0 Å². The third-order valence-electron chi connectivity index (χ3n) is 7.48. The van der Waals surface area contributed by atoms with E-state index in [9.17, 15) is 35.4 Å². The maximum atomic E-state index is 12.2. The summed E-state index contributed by atoms with van der Waals surface area (Å²) in [6.45, 7) is 3.48. The summed E-state index contributed by atoms with van der Waals surface area (Å²) in [6.07, 6.45) is -2.44. The maximum absolute atomic E-state index is 12.2. The molecule has 0 saturated heterocycles. The summed E-state index contributed by atoms with van der Waals surface area (Å²) in [4.78, 5) is 12.2. The first-order valence-corrected chi connectivity index (χ1v) is 11.2. The van der Waals surface area contributed by atoms with Gasteiger partial charge in [0.15, 0.2) is 0 Å². The molecule has 2 saturated carbocycles. The molecule has 33 heavy (non-hydrogen) atoms. The van der Waals surface area contributed by atoms with Crippen molar-refractivity contribution in [1.82, 2.24) is 5.32 Å². The van der Waals surface area contributed by atoms with Crippen LogP contribution in [0.3, 0.4) is 0 Å². The first kappa shape index (κ1) is 23.8. The van der Waals surface area contributed by atoms with E-state index >= 15 is 0 Å². The molecule has 0 bridgehead atoms. The van der Waals surface area contributed by atoms with Crippen molar-refractivity contribution in [2.45, 2.75) is 61.1 Å². The van der Waals surface area contributed by atoms with E-state index in [1.165, 1.54) is 24.3 Å². The highest BCUT2D eigenvalue weighted by atomic mass is 16.5. The first-order valence-electron chi connectivity index (χ1n) is 11.2. The molecule has 8 nitrogen and oxygen atoms in total. The molecule has 178 valence electrons. The Labute approximate surface area is 192 Å². The number of aryl methyl sites for hydroxylation is 1. The lowest BCUT2D eigenvalue weighted by molar-refractivity contribution is -0.459. The SMILES string of the molecule is CCCNC(=O)c1ccc(C2C(O)[C@@]3(O)C(c4ccc(C)cc4)[C@@](O)([C@H](O)CO)[C@@]23O)cc1. The Hall–Kier alpha value is -2.33. The summed E-state index contributed by atoms with van der Waals surface area (Å²) in [5.41, 5.74) is -4.68. The molecule has 2 aliphatic carbocycles. The second kappa shape index (κ2) is 8.16. The summed E-state index contributed by atoms with van der Waals surface area (Å²) >= 11 is 0. The molecule has 7 N–H and O–H groups in total. The van der Waals surface area contributed by atoms with Gasteiger partial charge in [0.05, 0.1) is 18.6 Å². The molecule has 0 spiro atoms. The Morgan fingerprint density at radius 2 is 1.61 bits per heavy atom. The fourth-order valence-electron chi connectivity index (χ4n) is 5.76. The molecule has 0 radical (unpaired) electrons. The van der Waals surface area contributed by atoms with E-state index in [0.29, 0.717) is 23.2 Å². The van der Waals surface area contributed by atoms with Crippen LogP contribution < -0.4 is 5.32 Å². The van der Waals surface area contributed by atoms with Gasteiger partial charge in [-0.25, -0.2) is 0 Å². The number of hydrogen-bond donors (Lipinski definition) is 7. The molecule has 0 heterocycles. The van der Waals surface area contributed by atoms with Gasteiger partial charge in [0, 0.05) is 18.0 Å². The van der Waals surface area contributed by atoms with E-state index in [1.807, 2.05) is 13.8 Å². The Morgan fingerprint density at radius 1 is 1.03 bits per heavy atom. The molecule has 4 rings (SSSR count). The number of carbonyl (C=O) groups excluding carboxylic acids is 1. The van der Waals surface area contributed by atoms with Gasteiger partial charge in [-0.05, 0) is 36.6 Å². The standard InChI is InChI=1S/C25H31NO7/c1-3-12-26-22(30)17-10-8-15(9-11-17)19-21(29)24(32)20(16-6-4-14(2)5-7-16)23(31,18(28)13-27)25(19,24)33/h4-11,18-21,27-29,31-33H,3,12-13H2,1-2H3,(H,26,30)/t18-,19?,20?,21?,23+,24+,25+/m1/s1. The third kappa shape index (κ3) is 2.96. The lowest BCUT2D eigenvalue weighted by atomic mass is 9.30. The van der Waals surface area contributed by atoms with Crippen LogP contribution in [-0.2, 0) is 0 Å². The van der Waals surface area contributed by atoms with E-state index in [4.69, 9.17) is 0 Å². The quantitative estimate of drug-likeness (QED) is 0.308. The fourth-order valence-corrected chi connectivity index (χ4v) is 5.76. The van der Waals surface area contributed by atoms with Crippen LogP contribution in [0.5, 0.6) is 0 Å². The predicted octanol–water partition coefficient (Wildman–Crippen LogP) is -0.0632. The molecule has 2 fully saturated rings. The minimum absolute atomic E-state index is 0.261. The van der Waals surface area contributed by atoms with Crippen LogP contribution in [0.2, 0.25) is 0 Å². The van der Waals surface area contributed by atoms with Crippen molar-refractivity contribution in [3.63, 3.8) is 0 Å². The van der Waals surface area contributed by atoms with Gasteiger partial charge in [-0.15, -0.1) is 0 Å². The average Bonchev–Trinajstić information content (AvgIpc) is 2.83. The third-order valence-corrected chi connectivity index (χ3v) is 7.48. The van der Waals surface area contributed by atoms with E-state index in [0.717, 1.165) is 12.0 Å². The maximum Gasteiger partial charge on any atom is 0.251 e. The molecule has 8 heteroatoms. The van der Waals surface area contributed by atoms with Crippen molar-refractivity contribution in [3.8, 4) is 0 Å². The van der Waals surface area contributed by atoms with Gasteiger partial charge < -0.3 is 36.0 Å². The molecular formula is C25H31NO7. The van der Waals surface area contributed by atoms with Crippen LogP contribution in [0.25, 0.3) is 0 Å². The minimum atomic E-state index is -2.33. The topological polar surface area (TPSA) is 150 Å². The Balaban J connectivity index is 1.71. The molecule has 2 aliphatic rings. The zero-order chi connectivity index (χ0) is 24.2. The smallest absolute Gasteiger partial charge is 0.251 e. The molecule has 1 amide bonds. The van der Waals surface area contributed by atoms with E-state index in [-0.39, 0.29) is 5.91 Å². The van der Waals surface area contributed by atoms with Crippen molar-refractivity contribution in [1.29, 1.82) is 0 Å². The number of rotatable bonds is 7. The van der Waals surface area contributed by atoms with Crippen LogP contribution >= 0.6 is 0 Å². The van der Waals surface area contributed by atoms with Crippen LogP contribution in [-0.4, -0.2) is 78.7 Å². The second-order valence-electron chi connectivity index (χ2n) is 9.26. The average molecular weight is 458 g/mol. The van der Waals surface area contributed by atoms with Crippen molar-refractivity contribution >= 4 is 5.91 Å². The molecule has 2 aromatic rings. The van der Waals surface area contributed by atoms with Gasteiger partial charge >= 0.3 is 0 Å². The lowest BCUT2D eigenvalue weighted by Gasteiger charge is -2.80. The molecule has 7 atom stereocenters. The Bertz CT molecular complexity index is 1030. The number of carbonyl (C=O) groups is 1. The van der Waals surface area contributed by atoms with Crippen LogP contribution in [0.1, 0.15) is 52.2 Å². The van der Waals surface area contributed by atoms with Gasteiger partial charge in [-0.3, -0.25) is 4.79 Å². The molecule has 0 aromatic heterocycles. The van der Waals surface area contributed by atoms with Gasteiger partial charge in [0.1, 0.15) is 22.9 Å². The van der Waals surface area contributed by atoms with Crippen LogP contribution in [0.15, 0.2) is 48.5 Å². The van der Waals surface area contributed by atoms with Gasteiger partial charge in [0.2, 0.25) is 0 Å². The van der Waals surface area contributed by atoms with E-state index in [1.54, 1.807) is 24.3 Å². The highest BCUT2D eigenvalue weighted by Gasteiger charge is 2.93. The van der Waals surface area contributed by atoms with Gasteiger partial charge in [-0.1, -0.05) is 48.9 Å². The molecule has 2 aromatic carbocycles. The van der Waals surface area contributed by atoms with E-state index in [2.05, 4.69) is 5.32 Å². The van der Waals surface area contributed by atoms with Crippen molar-refractivity contribution in [2.24, 2.45) is 0 Å². The summed E-state index contributed by atoms with van der Waals surface area (Å²) in [6, 6.07) is 13.0. The highest BCUT2D eigenvalue weighted by Crippen LogP contribution is 2.75. The number of fused-ring (bicyclic) bond motifs is 1. The largest absolute Gasteiger partial charge is 0.394 e. The van der Waals surface area contributed by atoms with Crippen molar-refractivity contribution < 1.29 is 35.4 Å². The number of nitrogens with one attached hydrogen (secondary N) is 1. The van der Waals surface area contributed by atoms with Crippen LogP contribution in [0.4, 0.5) is 0 Å². The zero-order valence-electron chi connectivity index (χ0n) is 18.6. The Morgan fingerprint density at radius 3 is 2.15 bits per heavy atom. The number of hydrogen-bond acceptors (Lipinski definition) is 7. The zero-order valence-corrected chi connectivity index (χ0v) is 18.6. The van der Waals surface area contributed by atoms with Crippen LogP contribution in [0, 0.1) is 6.92 Å². The van der Waals surface area contributed by atoms with Crippen molar-refractivity contribution in [3.05, 3.63) is 70.8 Å². The number of aliphatic hydroxyl groups excluding tert-OH is 3. The Kier molecular flexibility index (Phi) is 5.89.